The number of rotatable bonds is 3. The summed E-state index contributed by atoms with van der Waals surface area (Å²) in [5, 5.41) is 0. The highest BCUT2D eigenvalue weighted by molar-refractivity contribution is 7.89. The van der Waals surface area contributed by atoms with Gasteiger partial charge in [-0.05, 0) is 24.1 Å². The van der Waals surface area contributed by atoms with Crippen LogP contribution in [0.1, 0.15) is 22.3 Å². The molecule has 2 rings (SSSR count). The third kappa shape index (κ3) is 2.69. The zero-order chi connectivity index (χ0) is 13.2. The highest BCUT2D eigenvalue weighted by atomic mass is 32.2. The van der Waals surface area contributed by atoms with E-state index in [1.807, 2.05) is 5.43 Å². The Morgan fingerprint density at radius 2 is 2.22 bits per heavy atom. The minimum Gasteiger partial charge on any atom is -0.290 e. The molecule has 0 spiro atoms. The number of carbonyl (C=O) groups excluding carboxylic acids is 1. The molecule has 1 aromatic rings. The normalized spacial score (nSPS) is 18.7. The van der Waals surface area contributed by atoms with E-state index in [0.717, 1.165) is 5.56 Å². The maximum absolute atomic E-state index is 11.7. The van der Waals surface area contributed by atoms with Crippen LogP contribution in [0.4, 0.5) is 0 Å². The number of nitrogens with zero attached hydrogens (tertiary/aromatic N) is 1. The summed E-state index contributed by atoms with van der Waals surface area (Å²) in [5.41, 5.74) is 3.25. The third-order valence-electron chi connectivity index (χ3n) is 2.88. The number of sulfonamides is 1. The Bertz CT molecular complexity index is 556. The number of nitrogen functional groups attached to an aromatic ring is 1. The summed E-state index contributed by atoms with van der Waals surface area (Å²) in [6.07, 6.45) is 0.658. The van der Waals surface area contributed by atoms with E-state index in [1.165, 1.54) is 4.31 Å². The fourth-order valence-electron chi connectivity index (χ4n) is 1.97. The molecule has 18 heavy (non-hydrogen) atoms. The Morgan fingerprint density at radius 3 is 2.83 bits per heavy atom. The smallest absolute Gasteiger partial charge is 0.265 e. The van der Waals surface area contributed by atoms with E-state index >= 15 is 0 Å². The number of nitrogens with one attached hydrogen (secondary N) is 1. The average Bonchev–Trinajstić information content (AvgIpc) is 2.68. The van der Waals surface area contributed by atoms with E-state index in [4.69, 9.17) is 5.84 Å². The molecule has 7 heteroatoms. The van der Waals surface area contributed by atoms with Gasteiger partial charge in [0.2, 0.25) is 10.0 Å². The topological polar surface area (TPSA) is 92.5 Å². The van der Waals surface area contributed by atoms with Gasteiger partial charge in [0.05, 0.1) is 5.75 Å². The first-order valence-electron chi connectivity index (χ1n) is 5.60. The molecule has 0 radical (unpaired) electrons. The van der Waals surface area contributed by atoms with Gasteiger partial charge in [-0.3, -0.25) is 10.2 Å². The number of hydrogen-bond donors (Lipinski definition) is 2. The second-order valence-electron chi connectivity index (χ2n) is 4.18. The lowest BCUT2D eigenvalue weighted by molar-refractivity contribution is 0.0953. The molecule has 0 atom stereocenters. The van der Waals surface area contributed by atoms with E-state index in [9.17, 15) is 13.2 Å². The Kier molecular flexibility index (Phi) is 3.65. The van der Waals surface area contributed by atoms with Crippen molar-refractivity contribution < 1.29 is 13.2 Å². The van der Waals surface area contributed by atoms with Crippen molar-refractivity contribution >= 4 is 15.9 Å². The quantitative estimate of drug-likeness (QED) is 0.452. The Balaban J connectivity index is 2.17. The lowest BCUT2D eigenvalue weighted by atomic mass is 10.1. The Hall–Kier alpha value is -1.44. The van der Waals surface area contributed by atoms with E-state index in [1.54, 1.807) is 24.3 Å². The maximum Gasteiger partial charge on any atom is 0.265 e. The number of benzene rings is 1. The lowest BCUT2D eigenvalue weighted by Gasteiger charge is -2.14. The van der Waals surface area contributed by atoms with Gasteiger partial charge < -0.3 is 0 Å². The van der Waals surface area contributed by atoms with Crippen molar-refractivity contribution in [1.82, 2.24) is 9.73 Å². The van der Waals surface area contributed by atoms with Gasteiger partial charge >= 0.3 is 0 Å². The van der Waals surface area contributed by atoms with E-state index in [2.05, 4.69) is 0 Å². The maximum atomic E-state index is 11.7. The molecule has 1 aliphatic rings. The largest absolute Gasteiger partial charge is 0.290 e. The molecule has 0 aliphatic carbocycles. The van der Waals surface area contributed by atoms with Crippen LogP contribution >= 0.6 is 0 Å². The first kappa shape index (κ1) is 13.0. The molecule has 1 heterocycles. The summed E-state index contributed by atoms with van der Waals surface area (Å²) in [4.78, 5) is 11.4. The van der Waals surface area contributed by atoms with Gasteiger partial charge in [-0.25, -0.2) is 14.3 Å². The van der Waals surface area contributed by atoms with E-state index in [0.29, 0.717) is 25.1 Å². The van der Waals surface area contributed by atoms with E-state index in [-0.39, 0.29) is 11.7 Å². The third-order valence-corrected chi connectivity index (χ3v) is 4.79. The zero-order valence-corrected chi connectivity index (χ0v) is 10.6. The molecule has 1 aromatic carbocycles. The van der Waals surface area contributed by atoms with Crippen LogP contribution in [0.5, 0.6) is 0 Å². The molecule has 1 fully saturated rings. The average molecular weight is 269 g/mol. The van der Waals surface area contributed by atoms with E-state index < -0.39 is 10.0 Å². The van der Waals surface area contributed by atoms with Gasteiger partial charge in [0.15, 0.2) is 0 Å². The molecule has 0 bridgehead atoms. The van der Waals surface area contributed by atoms with Crippen LogP contribution in [0.15, 0.2) is 24.3 Å². The van der Waals surface area contributed by atoms with Crippen molar-refractivity contribution in [1.29, 1.82) is 0 Å². The van der Waals surface area contributed by atoms with Crippen LogP contribution < -0.4 is 11.3 Å². The first-order chi connectivity index (χ1) is 8.53. The number of hydrogen-bond acceptors (Lipinski definition) is 4. The van der Waals surface area contributed by atoms with Crippen LogP contribution in [0.2, 0.25) is 0 Å². The van der Waals surface area contributed by atoms with Gasteiger partial charge in [0.1, 0.15) is 0 Å². The van der Waals surface area contributed by atoms with Crippen molar-refractivity contribution in [3.05, 3.63) is 35.4 Å². The van der Waals surface area contributed by atoms with Gasteiger partial charge in [-0.1, -0.05) is 12.1 Å². The standard InChI is InChI=1S/C11H15N3O3S/c12-13-11(15)10-4-1-3-9(7-10)8-14-5-2-6-18(14,16)17/h1,3-4,7H,2,5-6,8,12H2,(H,13,15). The van der Waals surface area contributed by atoms with Crippen molar-refractivity contribution in [2.75, 3.05) is 12.3 Å². The molecular formula is C11H15N3O3S. The molecule has 1 aliphatic heterocycles. The van der Waals surface area contributed by atoms with Crippen LogP contribution in [0.25, 0.3) is 0 Å². The second-order valence-corrected chi connectivity index (χ2v) is 6.27. The monoisotopic (exact) mass is 269 g/mol. The van der Waals surface area contributed by atoms with Crippen molar-refractivity contribution in [2.24, 2.45) is 5.84 Å². The highest BCUT2D eigenvalue weighted by Crippen LogP contribution is 2.17. The lowest BCUT2D eigenvalue weighted by Crippen LogP contribution is -2.30. The van der Waals surface area contributed by atoms with Crippen LogP contribution in [0.3, 0.4) is 0 Å². The summed E-state index contributed by atoms with van der Waals surface area (Å²) >= 11 is 0. The first-order valence-corrected chi connectivity index (χ1v) is 7.21. The number of carbonyl (C=O) groups is 1. The predicted molar refractivity (Wildman–Crippen MR) is 66.9 cm³/mol. The second kappa shape index (κ2) is 5.05. The van der Waals surface area contributed by atoms with Gasteiger partial charge in [-0.15, -0.1) is 0 Å². The van der Waals surface area contributed by atoms with Crippen LogP contribution in [0, 0.1) is 0 Å². The summed E-state index contributed by atoms with van der Waals surface area (Å²) in [5.74, 6) is 4.87. The SMILES string of the molecule is NNC(=O)c1cccc(CN2CCCS2(=O)=O)c1. The van der Waals surface area contributed by atoms with Crippen molar-refractivity contribution in [3.8, 4) is 0 Å². The molecule has 98 valence electrons. The summed E-state index contributed by atoms with van der Waals surface area (Å²) < 4.78 is 24.8. The molecule has 1 amide bonds. The Morgan fingerprint density at radius 1 is 1.44 bits per heavy atom. The van der Waals surface area contributed by atoms with Gasteiger partial charge in [0, 0.05) is 18.7 Å². The fourth-order valence-corrected chi connectivity index (χ4v) is 3.47. The predicted octanol–water partition coefficient (Wildman–Crippen LogP) is -0.174. The van der Waals surface area contributed by atoms with Crippen LogP contribution in [-0.4, -0.2) is 30.9 Å². The molecule has 0 aromatic heterocycles. The summed E-state index contributed by atoms with van der Waals surface area (Å²) in [6, 6.07) is 6.78. The molecule has 0 unspecified atom stereocenters. The molecule has 6 nitrogen and oxygen atoms in total. The Labute approximate surface area is 106 Å². The van der Waals surface area contributed by atoms with Crippen molar-refractivity contribution in [2.45, 2.75) is 13.0 Å². The fraction of sp³-hybridized carbons (Fsp3) is 0.364. The molecular weight excluding hydrogens is 254 g/mol. The minimum atomic E-state index is -3.12. The number of hydrazine groups is 1. The summed E-state index contributed by atoms with van der Waals surface area (Å²) in [6.45, 7) is 0.837. The van der Waals surface area contributed by atoms with Crippen LogP contribution in [-0.2, 0) is 16.6 Å². The molecule has 3 N–H and O–H groups in total. The van der Waals surface area contributed by atoms with Gasteiger partial charge in [0.25, 0.3) is 5.91 Å². The van der Waals surface area contributed by atoms with Gasteiger partial charge in [-0.2, -0.15) is 4.31 Å². The minimum absolute atomic E-state index is 0.204. The summed E-state index contributed by atoms with van der Waals surface area (Å²) in [7, 11) is -3.12. The highest BCUT2D eigenvalue weighted by Gasteiger charge is 2.28. The zero-order valence-electron chi connectivity index (χ0n) is 9.80. The van der Waals surface area contributed by atoms with Crippen molar-refractivity contribution in [3.63, 3.8) is 0 Å². The molecule has 1 saturated heterocycles. The number of nitrogens with two attached hydrogens (primary N) is 1. The number of amides is 1. The molecule has 0 saturated carbocycles.